The predicted molar refractivity (Wildman–Crippen MR) is 110 cm³/mol. The van der Waals surface area contributed by atoms with Gasteiger partial charge in [-0.05, 0) is 22.1 Å². The van der Waals surface area contributed by atoms with Crippen molar-refractivity contribution in [3.63, 3.8) is 0 Å². The van der Waals surface area contributed by atoms with Crippen LogP contribution in [0.4, 0.5) is 5.82 Å². The van der Waals surface area contributed by atoms with E-state index in [0.29, 0.717) is 31.8 Å². The van der Waals surface area contributed by atoms with Crippen molar-refractivity contribution in [1.29, 1.82) is 0 Å². The Morgan fingerprint density at radius 2 is 1.62 bits per heavy atom. The van der Waals surface area contributed by atoms with Crippen molar-refractivity contribution in [3.8, 4) is 0 Å². The summed E-state index contributed by atoms with van der Waals surface area (Å²) in [5, 5.41) is 18.4. The number of benzene rings is 2. The number of rotatable bonds is 3. The average molecular weight is 385 g/mol. The van der Waals surface area contributed by atoms with Crippen LogP contribution in [0.1, 0.15) is 5.56 Å². The van der Waals surface area contributed by atoms with Crippen molar-refractivity contribution in [2.45, 2.75) is 0 Å². The van der Waals surface area contributed by atoms with Gasteiger partial charge in [0.05, 0.1) is 0 Å². The van der Waals surface area contributed by atoms with Crippen molar-refractivity contribution in [3.05, 3.63) is 66.2 Å². The number of hydrogen-bond donors (Lipinski definition) is 0. The van der Waals surface area contributed by atoms with Gasteiger partial charge in [0, 0.05) is 43.0 Å². The van der Waals surface area contributed by atoms with Crippen LogP contribution in [0.5, 0.6) is 0 Å². The SMILES string of the molecule is O=C(/C=C/c1ccccc1)N1CCN(c2nn3nnnc3c3ccccc23)CC1. The summed E-state index contributed by atoms with van der Waals surface area (Å²) in [6.07, 6.45) is 3.50. The largest absolute Gasteiger partial charge is 0.351 e. The van der Waals surface area contributed by atoms with Crippen molar-refractivity contribution < 1.29 is 4.79 Å². The van der Waals surface area contributed by atoms with Crippen LogP contribution in [0.3, 0.4) is 0 Å². The molecule has 1 saturated heterocycles. The highest BCUT2D eigenvalue weighted by atomic mass is 16.2. The first-order chi connectivity index (χ1) is 14.3. The van der Waals surface area contributed by atoms with Gasteiger partial charge in [-0.3, -0.25) is 4.79 Å². The first-order valence-electron chi connectivity index (χ1n) is 9.54. The van der Waals surface area contributed by atoms with E-state index in [1.54, 1.807) is 6.08 Å². The summed E-state index contributed by atoms with van der Waals surface area (Å²) in [5.74, 6) is 0.870. The molecule has 1 amide bonds. The van der Waals surface area contributed by atoms with Crippen LogP contribution in [0.15, 0.2) is 60.7 Å². The fourth-order valence-electron chi connectivity index (χ4n) is 3.64. The highest BCUT2D eigenvalue weighted by Gasteiger charge is 2.23. The molecule has 2 aromatic heterocycles. The molecular weight excluding hydrogens is 366 g/mol. The fourth-order valence-corrected chi connectivity index (χ4v) is 3.64. The van der Waals surface area contributed by atoms with Crippen molar-refractivity contribution in [2.75, 3.05) is 31.1 Å². The van der Waals surface area contributed by atoms with Gasteiger partial charge in [-0.15, -0.1) is 14.8 Å². The van der Waals surface area contributed by atoms with Crippen LogP contribution in [-0.4, -0.2) is 62.2 Å². The third kappa shape index (κ3) is 3.29. The summed E-state index contributed by atoms with van der Waals surface area (Å²) in [6, 6.07) is 17.8. The summed E-state index contributed by atoms with van der Waals surface area (Å²) in [7, 11) is 0. The van der Waals surface area contributed by atoms with Gasteiger partial charge in [0.25, 0.3) is 0 Å². The van der Waals surface area contributed by atoms with Crippen LogP contribution < -0.4 is 4.90 Å². The van der Waals surface area contributed by atoms with Crippen LogP contribution in [0.2, 0.25) is 0 Å². The summed E-state index contributed by atoms with van der Waals surface area (Å²) in [5.41, 5.74) is 1.66. The lowest BCUT2D eigenvalue weighted by Crippen LogP contribution is -2.48. The Bertz CT molecular complexity index is 1190. The fraction of sp³-hybridized carbons (Fsp3) is 0.190. The first-order valence-corrected chi connectivity index (χ1v) is 9.54. The van der Waals surface area contributed by atoms with Gasteiger partial charge in [0.15, 0.2) is 5.82 Å². The molecule has 3 heterocycles. The Balaban J connectivity index is 1.34. The van der Waals surface area contributed by atoms with Gasteiger partial charge in [-0.1, -0.05) is 54.6 Å². The van der Waals surface area contributed by atoms with Crippen LogP contribution >= 0.6 is 0 Å². The molecule has 0 bridgehead atoms. The normalized spacial score (nSPS) is 14.9. The second kappa shape index (κ2) is 7.31. The lowest BCUT2D eigenvalue weighted by Gasteiger charge is -2.35. The predicted octanol–water partition coefficient (Wildman–Crippen LogP) is 2.03. The molecule has 144 valence electrons. The van der Waals surface area contributed by atoms with Crippen LogP contribution in [0, 0.1) is 0 Å². The average Bonchev–Trinajstić information content (AvgIpc) is 3.27. The highest BCUT2D eigenvalue weighted by molar-refractivity contribution is 6.00. The second-order valence-electron chi connectivity index (χ2n) is 6.92. The Hall–Kier alpha value is -3.81. The molecule has 0 atom stereocenters. The molecule has 0 saturated carbocycles. The number of piperazine rings is 1. The van der Waals surface area contributed by atoms with E-state index in [-0.39, 0.29) is 5.91 Å². The van der Waals surface area contributed by atoms with Gasteiger partial charge < -0.3 is 9.80 Å². The number of hydrogen-bond acceptors (Lipinski definition) is 6. The molecular formula is C21H19N7O. The molecule has 0 aliphatic carbocycles. The zero-order chi connectivity index (χ0) is 19.6. The molecule has 8 nitrogen and oxygen atoms in total. The zero-order valence-electron chi connectivity index (χ0n) is 15.7. The molecule has 0 spiro atoms. The van der Waals surface area contributed by atoms with E-state index < -0.39 is 0 Å². The highest BCUT2D eigenvalue weighted by Crippen LogP contribution is 2.27. The number of carbonyl (C=O) groups is 1. The monoisotopic (exact) mass is 385 g/mol. The van der Waals surface area contributed by atoms with Gasteiger partial charge in [0.2, 0.25) is 11.6 Å². The van der Waals surface area contributed by atoms with Crippen LogP contribution in [-0.2, 0) is 4.79 Å². The Morgan fingerprint density at radius 1 is 0.897 bits per heavy atom. The minimum Gasteiger partial charge on any atom is -0.351 e. The van der Waals surface area contributed by atoms with E-state index in [0.717, 1.165) is 22.2 Å². The molecule has 0 radical (unpaired) electrons. The van der Waals surface area contributed by atoms with Gasteiger partial charge >= 0.3 is 0 Å². The van der Waals surface area contributed by atoms with Gasteiger partial charge in [-0.2, -0.15) is 0 Å². The summed E-state index contributed by atoms with van der Waals surface area (Å²) >= 11 is 0. The maximum absolute atomic E-state index is 12.5. The summed E-state index contributed by atoms with van der Waals surface area (Å²) < 4.78 is 1.47. The second-order valence-corrected chi connectivity index (χ2v) is 6.92. The summed E-state index contributed by atoms with van der Waals surface area (Å²) in [4.78, 5) is 16.6. The number of tetrazole rings is 1. The maximum atomic E-state index is 12.5. The number of amides is 1. The molecule has 0 N–H and O–H groups in total. The quantitative estimate of drug-likeness (QED) is 0.502. The van der Waals surface area contributed by atoms with Crippen molar-refractivity contribution in [1.82, 2.24) is 30.2 Å². The third-order valence-electron chi connectivity index (χ3n) is 5.16. The number of anilines is 1. The number of nitrogens with zero attached hydrogens (tertiary/aromatic N) is 7. The Morgan fingerprint density at radius 3 is 2.41 bits per heavy atom. The first kappa shape index (κ1) is 17.3. The number of carbonyl (C=O) groups excluding carboxylic acids is 1. The Kier molecular flexibility index (Phi) is 4.36. The summed E-state index contributed by atoms with van der Waals surface area (Å²) in [6.45, 7) is 2.69. The number of fused-ring (bicyclic) bond motifs is 3. The minimum atomic E-state index is 0.0299. The molecule has 2 aromatic carbocycles. The molecule has 4 aromatic rings. The van der Waals surface area contributed by atoms with Gasteiger partial charge in [0.1, 0.15) is 0 Å². The third-order valence-corrected chi connectivity index (χ3v) is 5.16. The van der Waals surface area contributed by atoms with E-state index in [4.69, 9.17) is 0 Å². The van der Waals surface area contributed by atoms with E-state index >= 15 is 0 Å². The molecule has 1 aliphatic heterocycles. The lowest BCUT2D eigenvalue weighted by molar-refractivity contribution is -0.126. The molecule has 0 unspecified atom stereocenters. The zero-order valence-corrected chi connectivity index (χ0v) is 15.7. The van der Waals surface area contributed by atoms with E-state index in [1.807, 2.05) is 65.6 Å². The Labute approximate surface area is 167 Å². The molecule has 29 heavy (non-hydrogen) atoms. The maximum Gasteiger partial charge on any atom is 0.246 e. The standard InChI is InChI=1S/C21H19N7O/c29-19(11-10-16-6-2-1-3-7-16)26-12-14-27(15-13-26)21-18-9-5-4-8-17(18)20-22-24-25-28(20)23-21/h1-11H,12-15H2/b11-10+. The van der Waals surface area contributed by atoms with Crippen LogP contribution in [0.25, 0.3) is 22.5 Å². The molecule has 5 rings (SSSR count). The minimum absolute atomic E-state index is 0.0299. The van der Waals surface area contributed by atoms with Crippen molar-refractivity contribution in [2.24, 2.45) is 0 Å². The number of aromatic nitrogens is 5. The van der Waals surface area contributed by atoms with E-state index in [2.05, 4.69) is 25.5 Å². The van der Waals surface area contributed by atoms with E-state index in [1.165, 1.54) is 4.63 Å². The van der Waals surface area contributed by atoms with Gasteiger partial charge in [-0.25, -0.2) is 0 Å². The smallest absolute Gasteiger partial charge is 0.246 e. The molecule has 1 fully saturated rings. The van der Waals surface area contributed by atoms with Crippen molar-refractivity contribution >= 4 is 34.2 Å². The lowest BCUT2D eigenvalue weighted by atomic mass is 10.1. The topological polar surface area (TPSA) is 79.5 Å². The molecule has 1 aliphatic rings. The van der Waals surface area contributed by atoms with E-state index in [9.17, 15) is 4.79 Å². The molecule has 8 heteroatoms.